The Balaban J connectivity index is 1.91. The minimum atomic E-state index is -0.578. The molecule has 0 spiro atoms. The number of rotatable bonds is 5. The van der Waals surface area contributed by atoms with Crippen LogP contribution in [0.3, 0.4) is 0 Å². The Morgan fingerprint density at radius 2 is 1.86 bits per heavy atom. The fourth-order valence-electron chi connectivity index (χ4n) is 2.53. The standard InChI is InChI=1S/C18H14Cl2N4O4/c1-10-16(20)17(23(2)22-10)18(25)21-12-7-13(24(26)27)9-15(8-12)28-14-5-3-11(19)4-6-14/h3-9H,1-2H3,(H,21,25). The van der Waals surface area contributed by atoms with Gasteiger partial charge in [0, 0.05) is 24.2 Å². The zero-order chi connectivity index (χ0) is 20.4. The molecule has 144 valence electrons. The minimum Gasteiger partial charge on any atom is -0.457 e. The SMILES string of the molecule is Cc1nn(C)c(C(=O)Nc2cc(Oc3ccc(Cl)cc3)cc([N+](=O)[O-])c2)c1Cl. The average molecular weight is 421 g/mol. The summed E-state index contributed by atoms with van der Waals surface area (Å²) < 4.78 is 6.99. The Labute approximate surface area is 169 Å². The summed E-state index contributed by atoms with van der Waals surface area (Å²) >= 11 is 12.0. The largest absolute Gasteiger partial charge is 0.457 e. The van der Waals surface area contributed by atoms with Crippen LogP contribution in [0.5, 0.6) is 11.5 Å². The molecule has 2 aromatic carbocycles. The second kappa shape index (κ2) is 7.87. The molecule has 1 amide bonds. The third kappa shape index (κ3) is 4.24. The van der Waals surface area contributed by atoms with E-state index in [-0.39, 0.29) is 27.8 Å². The van der Waals surface area contributed by atoms with Gasteiger partial charge in [0.25, 0.3) is 11.6 Å². The van der Waals surface area contributed by atoms with Crippen molar-refractivity contribution >= 4 is 40.5 Å². The summed E-state index contributed by atoms with van der Waals surface area (Å²) in [6.45, 7) is 1.67. The van der Waals surface area contributed by atoms with E-state index >= 15 is 0 Å². The lowest BCUT2D eigenvalue weighted by Crippen LogP contribution is -2.16. The molecular weight excluding hydrogens is 407 g/mol. The topological polar surface area (TPSA) is 99.3 Å². The minimum absolute atomic E-state index is 0.144. The smallest absolute Gasteiger partial charge is 0.275 e. The Kier molecular flexibility index (Phi) is 5.53. The predicted octanol–water partition coefficient (Wildman–Crippen LogP) is 4.99. The van der Waals surface area contributed by atoms with E-state index in [1.165, 1.54) is 22.9 Å². The molecule has 10 heteroatoms. The maximum atomic E-state index is 12.6. The average Bonchev–Trinajstić information content (AvgIpc) is 2.88. The first-order valence-electron chi connectivity index (χ1n) is 7.98. The number of nitrogens with zero attached hydrogens (tertiary/aromatic N) is 3. The molecule has 0 fully saturated rings. The molecule has 3 aromatic rings. The quantitative estimate of drug-likeness (QED) is 0.462. The summed E-state index contributed by atoms with van der Waals surface area (Å²) in [5.41, 5.74) is 0.582. The maximum Gasteiger partial charge on any atom is 0.275 e. The third-order valence-corrected chi connectivity index (χ3v) is 4.48. The van der Waals surface area contributed by atoms with Crippen molar-refractivity contribution in [2.45, 2.75) is 6.92 Å². The lowest BCUT2D eigenvalue weighted by molar-refractivity contribution is -0.384. The predicted molar refractivity (Wildman–Crippen MR) is 106 cm³/mol. The van der Waals surface area contributed by atoms with Crippen molar-refractivity contribution in [3.8, 4) is 11.5 Å². The second-order valence-corrected chi connectivity index (χ2v) is 6.67. The molecule has 0 aliphatic carbocycles. The van der Waals surface area contributed by atoms with Crippen LogP contribution in [0, 0.1) is 17.0 Å². The van der Waals surface area contributed by atoms with Crippen LogP contribution < -0.4 is 10.1 Å². The number of nitro groups is 1. The number of amides is 1. The molecule has 28 heavy (non-hydrogen) atoms. The number of aryl methyl sites for hydroxylation is 2. The number of hydrogen-bond acceptors (Lipinski definition) is 5. The lowest BCUT2D eigenvalue weighted by Gasteiger charge is -2.10. The van der Waals surface area contributed by atoms with Crippen molar-refractivity contribution in [2.75, 3.05) is 5.32 Å². The van der Waals surface area contributed by atoms with Crippen LogP contribution in [0.2, 0.25) is 10.0 Å². The van der Waals surface area contributed by atoms with Crippen LogP contribution in [-0.4, -0.2) is 20.6 Å². The van der Waals surface area contributed by atoms with Crippen LogP contribution in [0.15, 0.2) is 42.5 Å². The van der Waals surface area contributed by atoms with Crippen molar-refractivity contribution in [2.24, 2.45) is 7.05 Å². The van der Waals surface area contributed by atoms with Crippen LogP contribution in [0.25, 0.3) is 0 Å². The van der Waals surface area contributed by atoms with E-state index in [9.17, 15) is 14.9 Å². The normalized spacial score (nSPS) is 10.6. The summed E-state index contributed by atoms with van der Waals surface area (Å²) in [4.78, 5) is 23.3. The van der Waals surface area contributed by atoms with E-state index in [1.54, 1.807) is 38.2 Å². The van der Waals surface area contributed by atoms with Gasteiger partial charge in [-0.05, 0) is 31.2 Å². The fraction of sp³-hybridized carbons (Fsp3) is 0.111. The van der Waals surface area contributed by atoms with Crippen molar-refractivity contribution < 1.29 is 14.5 Å². The molecule has 0 bridgehead atoms. The number of anilines is 1. The molecular formula is C18H14Cl2N4O4. The van der Waals surface area contributed by atoms with Gasteiger partial charge >= 0.3 is 0 Å². The van der Waals surface area contributed by atoms with Crippen LogP contribution in [0.4, 0.5) is 11.4 Å². The fourth-order valence-corrected chi connectivity index (χ4v) is 2.90. The number of carbonyl (C=O) groups excluding carboxylic acids is 1. The first-order valence-corrected chi connectivity index (χ1v) is 8.73. The zero-order valence-electron chi connectivity index (χ0n) is 14.8. The van der Waals surface area contributed by atoms with Gasteiger partial charge in [-0.3, -0.25) is 19.6 Å². The van der Waals surface area contributed by atoms with E-state index in [0.717, 1.165) is 0 Å². The van der Waals surface area contributed by atoms with Crippen LogP contribution in [0.1, 0.15) is 16.2 Å². The summed E-state index contributed by atoms with van der Waals surface area (Å²) in [6, 6.07) is 10.5. The highest BCUT2D eigenvalue weighted by Crippen LogP contribution is 2.31. The molecule has 0 saturated carbocycles. The zero-order valence-corrected chi connectivity index (χ0v) is 16.3. The molecule has 0 unspecified atom stereocenters. The lowest BCUT2D eigenvalue weighted by atomic mass is 10.2. The van der Waals surface area contributed by atoms with Gasteiger partial charge < -0.3 is 10.1 Å². The Hall–Kier alpha value is -3.10. The van der Waals surface area contributed by atoms with Crippen molar-refractivity contribution in [1.82, 2.24) is 9.78 Å². The van der Waals surface area contributed by atoms with Gasteiger partial charge in [-0.2, -0.15) is 5.10 Å². The highest BCUT2D eigenvalue weighted by molar-refractivity contribution is 6.34. The number of nitro benzene ring substituents is 1. The van der Waals surface area contributed by atoms with E-state index < -0.39 is 10.8 Å². The van der Waals surface area contributed by atoms with Gasteiger partial charge in [0.15, 0.2) is 0 Å². The second-order valence-electron chi connectivity index (χ2n) is 5.85. The molecule has 0 aliphatic heterocycles. The summed E-state index contributed by atoms with van der Waals surface area (Å²) in [6.07, 6.45) is 0. The van der Waals surface area contributed by atoms with Crippen LogP contribution >= 0.6 is 23.2 Å². The number of aromatic nitrogens is 2. The third-order valence-electron chi connectivity index (χ3n) is 3.77. The van der Waals surface area contributed by atoms with Crippen LogP contribution in [-0.2, 0) is 7.05 Å². The number of nitrogens with one attached hydrogen (secondary N) is 1. The van der Waals surface area contributed by atoms with E-state index in [1.807, 2.05) is 0 Å². The van der Waals surface area contributed by atoms with Crippen molar-refractivity contribution in [3.05, 3.63) is 74.0 Å². The molecule has 0 atom stereocenters. The molecule has 0 radical (unpaired) electrons. The van der Waals surface area contributed by atoms with Gasteiger partial charge in [-0.25, -0.2) is 0 Å². The van der Waals surface area contributed by atoms with E-state index in [2.05, 4.69) is 10.4 Å². The highest BCUT2D eigenvalue weighted by Gasteiger charge is 2.20. The highest BCUT2D eigenvalue weighted by atomic mass is 35.5. The first-order chi connectivity index (χ1) is 13.2. The van der Waals surface area contributed by atoms with Gasteiger partial charge in [0.1, 0.15) is 17.2 Å². The first kappa shape index (κ1) is 19.7. The van der Waals surface area contributed by atoms with Gasteiger partial charge in [0.05, 0.1) is 27.4 Å². The molecule has 8 nitrogen and oxygen atoms in total. The van der Waals surface area contributed by atoms with Crippen molar-refractivity contribution in [1.29, 1.82) is 0 Å². The van der Waals surface area contributed by atoms with Gasteiger partial charge in [-0.1, -0.05) is 23.2 Å². The molecule has 1 heterocycles. The van der Waals surface area contributed by atoms with Gasteiger partial charge in [-0.15, -0.1) is 0 Å². The number of hydrogen-bond donors (Lipinski definition) is 1. The molecule has 0 saturated heterocycles. The summed E-state index contributed by atoms with van der Waals surface area (Å²) in [5.74, 6) is 0.0672. The molecule has 0 aliphatic rings. The number of ether oxygens (including phenoxy) is 1. The summed E-state index contributed by atoms with van der Waals surface area (Å²) in [5, 5.41) is 18.7. The Morgan fingerprint density at radius 3 is 2.43 bits per heavy atom. The Bertz CT molecular complexity index is 1060. The number of non-ortho nitro benzene ring substituents is 1. The molecule has 1 aromatic heterocycles. The van der Waals surface area contributed by atoms with E-state index in [0.29, 0.717) is 16.5 Å². The van der Waals surface area contributed by atoms with Crippen molar-refractivity contribution in [3.63, 3.8) is 0 Å². The molecule has 1 N–H and O–H groups in total. The number of halogens is 2. The Morgan fingerprint density at radius 1 is 1.18 bits per heavy atom. The maximum absolute atomic E-state index is 12.6. The van der Waals surface area contributed by atoms with Gasteiger partial charge in [0.2, 0.25) is 0 Å². The monoisotopic (exact) mass is 420 g/mol. The number of benzene rings is 2. The molecule has 3 rings (SSSR count). The number of carbonyl (C=O) groups is 1. The van der Waals surface area contributed by atoms with E-state index in [4.69, 9.17) is 27.9 Å². The summed E-state index contributed by atoms with van der Waals surface area (Å²) in [7, 11) is 1.58.